The van der Waals surface area contributed by atoms with Crippen molar-refractivity contribution in [3.63, 3.8) is 0 Å². The Morgan fingerprint density at radius 2 is 1.92 bits per heavy atom. The maximum atomic E-state index is 13.1. The molecule has 3 heterocycles. The topological polar surface area (TPSA) is 65.5 Å². The number of rotatable bonds is 4. The number of nitrogens with zero attached hydrogens (tertiary/aromatic N) is 3. The fraction of sp³-hybridized carbons (Fsp3) is 0.421. The molecule has 2 aliphatic heterocycles. The van der Waals surface area contributed by atoms with E-state index >= 15 is 0 Å². The number of hydrogen-bond donors (Lipinski definition) is 1. The van der Waals surface area contributed by atoms with Crippen LogP contribution in [-0.2, 0) is 29.5 Å². The van der Waals surface area contributed by atoms with Crippen LogP contribution in [0.5, 0.6) is 0 Å². The van der Waals surface area contributed by atoms with Crippen molar-refractivity contribution < 1.29 is 8.42 Å². The molecule has 2 aromatic rings. The van der Waals surface area contributed by atoms with Gasteiger partial charge in [0.15, 0.2) is 0 Å². The van der Waals surface area contributed by atoms with Gasteiger partial charge in [0.25, 0.3) is 0 Å². The highest BCUT2D eigenvalue weighted by molar-refractivity contribution is 7.89. The Kier molecular flexibility index (Phi) is 5.04. The van der Waals surface area contributed by atoms with Crippen LogP contribution < -0.4 is 5.32 Å². The lowest BCUT2D eigenvalue weighted by molar-refractivity contribution is 0.233. The van der Waals surface area contributed by atoms with E-state index in [1.165, 1.54) is 0 Å². The first-order valence-corrected chi connectivity index (χ1v) is 10.5. The molecule has 1 saturated heterocycles. The number of aromatic nitrogens is 1. The first-order valence-electron chi connectivity index (χ1n) is 9.08. The van der Waals surface area contributed by atoms with Crippen LogP contribution in [0.1, 0.15) is 16.8 Å². The third-order valence-corrected chi connectivity index (χ3v) is 6.93. The molecular weight excluding hydrogens is 348 g/mol. The zero-order valence-corrected chi connectivity index (χ0v) is 15.6. The summed E-state index contributed by atoms with van der Waals surface area (Å²) in [5.74, 6) is 0. The fourth-order valence-electron chi connectivity index (χ4n) is 3.62. The summed E-state index contributed by atoms with van der Waals surface area (Å²) in [5.41, 5.74) is 3.05. The minimum Gasteiger partial charge on any atom is -0.314 e. The largest absolute Gasteiger partial charge is 0.314 e. The SMILES string of the molecule is O=S(=O)(c1cccc(CN2CCNCC2)c1)N1CCc2cccnc2C1. The maximum Gasteiger partial charge on any atom is 0.243 e. The third kappa shape index (κ3) is 3.66. The number of piperazine rings is 1. The lowest BCUT2D eigenvalue weighted by atomic mass is 10.1. The predicted octanol–water partition coefficient (Wildman–Crippen LogP) is 1.23. The first-order chi connectivity index (χ1) is 12.6. The average Bonchev–Trinajstić information content (AvgIpc) is 2.68. The van der Waals surface area contributed by atoms with Gasteiger partial charge in [-0.1, -0.05) is 18.2 Å². The van der Waals surface area contributed by atoms with E-state index in [4.69, 9.17) is 0 Å². The molecule has 1 N–H and O–H groups in total. The number of pyridine rings is 1. The molecule has 1 fully saturated rings. The predicted molar refractivity (Wildman–Crippen MR) is 100 cm³/mol. The smallest absolute Gasteiger partial charge is 0.243 e. The number of hydrogen-bond acceptors (Lipinski definition) is 5. The molecular formula is C19H24N4O2S. The third-order valence-electron chi connectivity index (χ3n) is 5.09. The number of benzene rings is 1. The van der Waals surface area contributed by atoms with E-state index in [9.17, 15) is 8.42 Å². The van der Waals surface area contributed by atoms with E-state index in [-0.39, 0.29) is 0 Å². The highest BCUT2D eigenvalue weighted by Crippen LogP contribution is 2.24. The highest BCUT2D eigenvalue weighted by atomic mass is 32.2. The molecule has 0 aliphatic carbocycles. The van der Waals surface area contributed by atoms with Crippen LogP contribution in [0, 0.1) is 0 Å². The molecule has 0 unspecified atom stereocenters. The van der Waals surface area contributed by atoms with Crippen molar-refractivity contribution in [2.45, 2.75) is 24.4 Å². The molecule has 7 heteroatoms. The van der Waals surface area contributed by atoms with Gasteiger partial charge in [-0.25, -0.2) is 8.42 Å². The number of nitrogens with one attached hydrogen (secondary N) is 1. The molecule has 0 radical (unpaired) electrons. The van der Waals surface area contributed by atoms with E-state index in [1.54, 1.807) is 16.6 Å². The minimum atomic E-state index is -3.51. The van der Waals surface area contributed by atoms with Crippen LogP contribution >= 0.6 is 0 Å². The molecule has 0 atom stereocenters. The van der Waals surface area contributed by atoms with Crippen LogP contribution in [0.25, 0.3) is 0 Å². The van der Waals surface area contributed by atoms with Gasteiger partial charge in [-0.2, -0.15) is 4.31 Å². The molecule has 0 saturated carbocycles. The van der Waals surface area contributed by atoms with Crippen LogP contribution in [0.2, 0.25) is 0 Å². The van der Waals surface area contributed by atoms with Crippen molar-refractivity contribution in [2.24, 2.45) is 0 Å². The van der Waals surface area contributed by atoms with Gasteiger partial charge < -0.3 is 5.32 Å². The van der Waals surface area contributed by atoms with E-state index in [2.05, 4.69) is 15.2 Å². The highest BCUT2D eigenvalue weighted by Gasteiger charge is 2.29. The zero-order chi connectivity index (χ0) is 18.0. The van der Waals surface area contributed by atoms with Crippen molar-refractivity contribution in [3.05, 3.63) is 59.4 Å². The summed E-state index contributed by atoms with van der Waals surface area (Å²) in [6, 6.07) is 11.3. The monoisotopic (exact) mass is 372 g/mol. The van der Waals surface area contributed by atoms with E-state index < -0.39 is 10.0 Å². The molecule has 0 bridgehead atoms. The van der Waals surface area contributed by atoms with Crippen molar-refractivity contribution in [1.29, 1.82) is 0 Å². The van der Waals surface area contributed by atoms with Crippen LogP contribution in [-0.4, -0.2) is 55.3 Å². The summed E-state index contributed by atoms with van der Waals surface area (Å²) >= 11 is 0. The minimum absolute atomic E-state index is 0.348. The van der Waals surface area contributed by atoms with Gasteiger partial charge in [-0.3, -0.25) is 9.88 Å². The molecule has 0 amide bonds. The Morgan fingerprint density at radius 3 is 2.77 bits per heavy atom. The van der Waals surface area contributed by atoms with Gasteiger partial charge in [0.05, 0.1) is 17.1 Å². The molecule has 1 aromatic heterocycles. The summed E-state index contributed by atoms with van der Waals surface area (Å²) < 4.78 is 27.8. The Labute approximate surface area is 154 Å². The van der Waals surface area contributed by atoms with E-state index in [1.807, 2.05) is 30.3 Å². The summed E-state index contributed by atoms with van der Waals surface area (Å²) in [7, 11) is -3.51. The van der Waals surface area contributed by atoms with Crippen LogP contribution in [0.3, 0.4) is 0 Å². The van der Waals surface area contributed by atoms with Gasteiger partial charge in [0.2, 0.25) is 10.0 Å². The summed E-state index contributed by atoms with van der Waals surface area (Å²) in [6.45, 7) is 5.59. The first kappa shape index (κ1) is 17.6. The average molecular weight is 372 g/mol. The Hall–Kier alpha value is -1.80. The zero-order valence-electron chi connectivity index (χ0n) is 14.8. The number of sulfonamides is 1. The second-order valence-corrected chi connectivity index (χ2v) is 8.81. The lowest BCUT2D eigenvalue weighted by Gasteiger charge is -2.28. The van der Waals surface area contributed by atoms with Crippen molar-refractivity contribution >= 4 is 10.0 Å². The second kappa shape index (κ2) is 7.44. The van der Waals surface area contributed by atoms with Crippen molar-refractivity contribution in [2.75, 3.05) is 32.7 Å². The molecule has 1 aromatic carbocycles. The molecule has 26 heavy (non-hydrogen) atoms. The number of fused-ring (bicyclic) bond motifs is 1. The molecule has 0 spiro atoms. The fourth-order valence-corrected chi connectivity index (χ4v) is 5.09. The summed E-state index contributed by atoms with van der Waals surface area (Å²) in [5, 5.41) is 3.34. The molecule has 2 aliphatic rings. The summed E-state index contributed by atoms with van der Waals surface area (Å²) in [4.78, 5) is 7.08. The van der Waals surface area contributed by atoms with E-state index in [0.717, 1.165) is 49.5 Å². The summed E-state index contributed by atoms with van der Waals surface area (Å²) in [6.07, 6.45) is 2.44. The van der Waals surface area contributed by atoms with Gasteiger partial charge in [-0.05, 0) is 35.7 Å². The molecule has 6 nitrogen and oxygen atoms in total. The van der Waals surface area contributed by atoms with Gasteiger partial charge >= 0.3 is 0 Å². The van der Waals surface area contributed by atoms with E-state index in [0.29, 0.717) is 24.4 Å². The van der Waals surface area contributed by atoms with Gasteiger partial charge in [-0.15, -0.1) is 0 Å². The standard InChI is InChI=1S/C19H24N4O2S/c24-26(25,23-10-6-17-4-2-7-21-19(17)15-23)18-5-1-3-16(13-18)14-22-11-8-20-9-12-22/h1-5,7,13,20H,6,8-12,14-15H2. The van der Waals surface area contributed by atoms with Gasteiger partial charge in [0, 0.05) is 45.5 Å². The Morgan fingerprint density at radius 1 is 1.08 bits per heavy atom. The second-order valence-electron chi connectivity index (χ2n) is 6.87. The van der Waals surface area contributed by atoms with Crippen LogP contribution in [0.4, 0.5) is 0 Å². The normalized spacial score (nSPS) is 19.2. The maximum absolute atomic E-state index is 13.1. The molecule has 138 valence electrons. The van der Waals surface area contributed by atoms with Crippen molar-refractivity contribution in [1.82, 2.24) is 19.5 Å². The quantitative estimate of drug-likeness (QED) is 0.875. The van der Waals surface area contributed by atoms with Crippen molar-refractivity contribution in [3.8, 4) is 0 Å². The lowest BCUT2D eigenvalue weighted by Crippen LogP contribution is -2.42. The Balaban J connectivity index is 1.53. The van der Waals surface area contributed by atoms with Crippen LogP contribution in [0.15, 0.2) is 47.5 Å². The molecule has 4 rings (SSSR count). The Bertz CT molecular complexity index is 879. The van der Waals surface area contributed by atoms with Gasteiger partial charge in [0.1, 0.15) is 0 Å².